The quantitative estimate of drug-likeness (QED) is 0.136. The van der Waals surface area contributed by atoms with Crippen molar-refractivity contribution in [3.63, 3.8) is 0 Å². The molecule has 0 aliphatic rings. The van der Waals surface area contributed by atoms with Crippen LogP contribution in [0, 0.1) is 26.1 Å². The van der Waals surface area contributed by atoms with Crippen molar-refractivity contribution in [1.82, 2.24) is 0 Å². The maximum absolute atomic E-state index is 12.7. The second kappa shape index (κ2) is 12.6. The SMILES string of the molecule is O=C(OCCCCCCCl)C(Cc1ccc([N+](=O)[O-])cc1)Cc1ccc([N+](=O)[O-])cc1. The van der Waals surface area contributed by atoms with E-state index in [0.29, 0.717) is 25.3 Å². The number of rotatable bonds is 13. The Morgan fingerprint density at radius 3 is 1.68 bits per heavy atom. The third kappa shape index (κ3) is 8.33. The van der Waals surface area contributed by atoms with Gasteiger partial charge in [-0.2, -0.15) is 0 Å². The summed E-state index contributed by atoms with van der Waals surface area (Å²) in [6, 6.07) is 12.1. The number of carbonyl (C=O) groups excluding carboxylic acids is 1. The molecule has 0 heterocycles. The lowest BCUT2D eigenvalue weighted by Gasteiger charge is -2.16. The van der Waals surface area contributed by atoms with E-state index < -0.39 is 15.8 Å². The van der Waals surface area contributed by atoms with E-state index in [2.05, 4.69) is 0 Å². The van der Waals surface area contributed by atoms with Crippen LogP contribution in [0.2, 0.25) is 0 Å². The average Bonchev–Trinajstić information content (AvgIpc) is 2.76. The molecular weight excluding hydrogens is 424 g/mol. The molecule has 8 nitrogen and oxygen atoms in total. The van der Waals surface area contributed by atoms with Crippen LogP contribution < -0.4 is 0 Å². The Hall–Kier alpha value is -3.00. The van der Waals surface area contributed by atoms with Gasteiger partial charge in [-0.15, -0.1) is 11.6 Å². The van der Waals surface area contributed by atoms with E-state index in [4.69, 9.17) is 16.3 Å². The number of nitro groups is 2. The number of nitrogens with zero attached hydrogens (tertiary/aromatic N) is 2. The van der Waals surface area contributed by atoms with E-state index in [1.807, 2.05) is 0 Å². The highest BCUT2D eigenvalue weighted by Gasteiger charge is 2.22. The summed E-state index contributed by atoms with van der Waals surface area (Å²) in [5, 5.41) is 21.7. The highest BCUT2D eigenvalue weighted by atomic mass is 35.5. The molecule has 166 valence electrons. The number of non-ortho nitro benzene ring substituents is 2. The number of carbonyl (C=O) groups is 1. The fraction of sp³-hybridized carbons (Fsp3) is 0.409. The normalized spacial score (nSPS) is 10.8. The van der Waals surface area contributed by atoms with Crippen LogP contribution in [0.5, 0.6) is 0 Å². The van der Waals surface area contributed by atoms with Gasteiger partial charge in [0.15, 0.2) is 0 Å². The molecular formula is C22H25ClN2O6. The van der Waals surface area contributed by atoms with E-state index in [9.17, 15) is 25.0 Å². The van der Waals surface area contributed by atoms with Gasteiger partial charge in [0.25, 0.3) is 11.4 Å². The van der Waals surface area contributed by atoms with Crippen molar-refractivity contribution in [2.75, 3.05) is 12.5 Å². The molecule has 0 radical (unpaired) electrons. The zero-order valence-electron chi connectivity index (χ0n) is 17.1. The van der Waals surface area contributed by atoms with E-state index in [0.717, 1.165) is 36.8 Å². The molecule has 0 saturated heterocycles. The summed E-state index contributed by atoms with van der Waals surface area (Å²) in [5.74, 6) is -0.244. The summed E-state index contributed by atoms with van der Waals surface area (Å²) in [6.45, 7) is 0.318. The topological polar surface area (TPSA) is 113 Å². The Morgan fingerprint density at radius 2 is 1.26 bits per heavy atom. The molecule has 0 atom stereocenters. The zero-order valence-corrected chi connectivity index (χ0v) is 17.8. The van der Waals surface area contributed by atoms with Crippen LogP contribution >= 0.6 is 11.6 Å². The molecule has 0 fully saturated rings. The van der Waals surface area contributed by atoms with Gasteiger partial charge in [0.2, 0.25) is 0 Å². The van der Waals surface area contributed by atoms with Crippen molar-refractivity contribution in [1.29, 1.82) is 0 Å². The van der Waals surface area contributed by atoms with Gasteiger partial charge < -0.3 is 4.74 Å². The van der Waals surface area contributed by atoms with Gasteiger partial charge in [0.05, 0.1) is 22.4 Å². The Morgan fingerprint density at radius 1 is 0.806 bits per heavy atom. The van der Waals surface area contributed by atoms with Gasteiger partial charge in [0.1, 0.15) is 0 Å². The average molecular weight is 449 g/mol. The lowest BCUT2D eigenvalue weighted by molar-refractivity contribution is -0.385. The van der Waals surface area contributed by atoms with Crippen LogP contribution in [0.15, 0.2) is 48.5 Å². The summed E-state index contributed by atoms with van der Waals surface area (Å²) >= 11 is 5.65. The van der Waals surface area contributed by atoms with E-state index >= 15 is 0 Å². The highest BCUT2D eigenvalue weighted by molar-refractivity contribution is 6.17. The summed E-state index contributed by atoms with van der Waals surface area (Å²) in [4.78, 5) is 33.5. The number of alkyl halides is 1. The monoisotopic (exact) mass is 448 g/mol. The molecule has 0 bridgehead atoms. The lowest BCUT2D eigenvalue weighted by atomic mass is 9.92. The van der Waals surface area contributed by atoms with Gasteiger partial charge in [-0.25, -0.2) is 0 Å². The molecule has 9 heteroatoms. The summed E-state index contributed by atoms with van der Waals surface area (Å²) < 4.78 is 5.46. The Kier molecular flexibility index (Phi) is 9.90. The van der Waals surface area contributed by atoms with Gasteiger partial charge in [-0.3, -0.25) is 25.0 Å². The second-order valence-electron chi connectivity index (χ2n) is 7.22. The maximum Gasteiger partial charge on any atom is 0.309 e. The zero-order chi connectivity index (χ0) is 22.6. The Bertz CT molecular complexity index is 811. The van der Waals surface area contributed by atoms with Crippen LogP contribution in [0.25, 0.3) is 0 Å². The van der Waals surface area contributed by atoms with E-state index in [1.54, 1.807) is 24.3 Å². The predicted molar refractivity (Wildman–Crippen MR) is 117 cm³/mol. The molecule has 0 aliphatic heterocycles. The van der Waals surface area contributed by atoms with Gasteiger partial charge in [-0.05, 0) is 36.8 Å². The molecule has 0 saturated carbocycles. The summed E-state index contributed by atoms with van der Waals surface area (Å²) in [7, 11) is 0. The van der Waals surface area contributed by atoms with Gasteiger partial charge >= 0.3 is 5.97 Å². The number of ether oxygens (including phenoxy) is 1. The first-order valence-electron chi connectivity index (χ1n) is 10.1. The van der Waals surface area contributed by atoms with Crippen LogP contribution in [0.1, 0.15) is 36.8 Å². The molecule has 31 heavy (non-hydrogen) atoms. The third-order valence-electron chi connectivity index (χ3n) is 4.86. The molecule has 2 aromatic rings. The minimum atomic E-state index is -0.509. The standard InChI is InChI=1S/C22H25ClN2O6/c23-13-3-1-2-4-14-31-22(26)19(15-17-5-9-20(10-6-17)24(27)28)16-18-7-11-21(12-8-18)25(29)30/h5-12,19H,1-4,13-16H2. The largest absolute Gasteiger partial charge is 0.465 e. The number of halogens is 1. The van der Waals surface area contributed by atoms with Crippen molar-refractivity contribution >= 4 is 28.9 Å². The van der Waals surface area contributed by atoms with E-state index in [1.165, 1.54) is 24.3 Å². The van der Waals surface area contributed by atoms with Gasteiger partial charge in [-0.1, -0.05) is 37.1 Å². The molecule has 0 spiro atoms. The minimum absolute atomic E-state index is 0.0183. The van der Waals surface area contributed by atoms with Crippen molar-refractivity contribution in [3.05, 3.63) is 79.9 Å². The van der Waals surface area contributed by atoms with Crippen LogP contribution in [-0.4, -0.2) is 28.3 Å². The maximum atomic E-state index is 12.7. The molecule has 2 aromatic carbocycles. The highest BCUT2D eigenvalue weighted by Crippen LogP contribution is 2.21. The number of esters is 1. The smallest absolute Gasteiger partial charge is 0.309 e. The number of hydrogen-bond acceptors (Lipinski definition) is 6. The van der Waals surface area contributed by atoms with Crippen molar-refractivity contribution in [2.24, 2.45) is 5.92 Å². The van der Waals surface area contributed by atoms with Crippen molar-refractivity contribution < 1.29 is 19.4 Å². The van der Waals surface area contributed by atoms with Crippen LogP contribution in [-0.2, 0) is 22.4 Å². The Balaban J connectivity index is 2.05. The first kappa shape index (κ1) is 24.3. The predicted octanol–water partition coefficient (Wildman–Crippen LogP) is 5.25. The summed E-state index contributed by atoms with van der Waals surface area (Å²) in [6.07, 6.45) is 4.29. The van der Waals surface area contributed by atoms with Gasteiger partial charge in [0, 0.05) is 30.1 Å². The fourth-order valence-electron chi connectivity index (χ4n) is 3.16. The Labute approximate surface area is 185 Å². The molecule has 0 unspecified atom stereocenters. The van der Waals surface area contributed by atoms with Crippen molar-refractivity contribution in [2.45, 2.75) is 38.5 Å². The first-order chi connectivity index (χ1) is 14.9. The lowest BCUT2D eigenvalue weighted by Crippen LogP contribution is -2.23. The van der Waals surface area contributed by atoms with Crippen LogP contribution in [0.4, 0.5) is 11.4 Å². The molecule has 2 rings (SSSR count). The number of hydrogen-bond donors (Lipinski definition) is 0. The molecule has 0 amide bonds. The molecule has 0 aromatic heterocycles. The second-order valence-corrected chi connectivity index (χ2v) is 7.60. The van der Waals surface area contributed by atoms with Crippen molar-refractivity contribution in [3.8, 4) is 0 Å². The number of unbranched alkanes of at least 4 members (excludes halogenated alkanes) is 3. The number of benzene rings is 2. The van der Waals surface area contributed by atoms with Crippen LogP contribution in [0.3, 0.4) is 0 Å². The minimum Gasteiger partial charge on any atom is -0.465 e. The fourth-order valence-corrected chi connectivity index (χ4v) is 3.35. The van der Waals surface area contributed by atoms with E-state index in [-0.39, 0.29) is 17.3 Å². The molecule has 0 N–H and O–H groups in total. The molecule has 0 aliphatic carbocycles. The number of nitro benzene ring substituents is 2. The third-order valence-corrected chi connectivity index (χ3v) is 5.13. The first-order valence-corrected chi connectivity index (χ1v) is 10.6. The summed E-state index contributed by atoms with van der Waals surface area (Å²) in [5.41, 5.74) is 1.51.